The predicted molar refractivity (Wildman–Crippen MR) is 63.1 cm³/mol. The molecular weight excluding hydrogens is 218 g/mol. The molecule has 0 aromatic carbocycles. The molecule has 4 nitrogen and oxygen atoms in total. The third-order valence-corrected chi connectivity index (χ3v) is 4.04. The van der Waals surface area contributed by atoms with Crippen LogP contribution in [-0.4, -0.2) is 37.0 Å². The Balaban J connectivity index is 1.86. The molecule has 1 spiro atoms. The summed E-state index contributed by atoms with van der Waals surface area (Å²) in [6, 6.07) is 0. The summed E-state index contributed by atoms with van der Waals surface area (Å²) >= 11 is 0. The van der Waals surface area contributed by atoms with Crippen molar-refractivity contribution in [2.24, 2.45) is 10.4 Å². The number of Topliss-reactive ketones (excluding diaryl/α,β-unsaturated/α-hetero) is 1. The highest BCUT2D eigenvalue weighted by atomic mass is 16.7. The molecule has 0 unspecified atom stereocenters. The van der Waals surface area contributed by atoms with Crippen LogP contribution < -0.4 is 0 Å². The Morgan fingerprint density at radius 1 is 1.29 bits per heavy atom. The Morgan fingerprint density at radius 3 is 2.59 bits per heavy atom. The fourth-order valence-corrected chi connectivity index (χ4v) is 3.04. The van der Waals surface area contributed by atoms with Gasteiger partial charge >= 0.3 is 0 Å². The van der Waals surface area contributed by atoms with E-state index in [1.807, 2.05) is 6.92 Å². The smallest absolute Gasteiger partial charge is 0.210 e. The fourth-order valence-electron chi connectivity index (χ4n) is 3.04. The van der Waals surface area contributed by atoms with E-state index in [1.165, 1.54) is 0 Å². The molecule has 1 saturated heterocycles. The van der Waals surface area contributed by atoms with Gasteiger partial charge in [-0.1, -0.05) is 6.92 Å². The lowest BCUT2D eigenvalue weighted by molar-refractivity contribution is -0.125. The van der Waals surface area contributed by atoms with Crippen LogP contribution in [0.4, 0.5) is 0 Å². The van der Waals surface area contributed by atoms with Gasteiger partial charge in [-0.15, -0.1) is 0 Å². The summed E-state index contributed by atoms with van der Waals surface area (Å²) in [4.78, 5) is 16.8. The zero-order valence-corrected chi connectivity index (χ0v) is 10.3. The summed E-state index contributed by atoms with van der Waals surface area (Å²) in [7, 11) is 0. The van der Waals surface area contributed by atoms with Crippen LogP contribution in [0.25, 0.3) is 0 Å². The van der Waals surface area contributed by atoms with E-state index in [0.717, 1.165) is 37.9 Å². The number of hydrogen-bond donors (Lipinski definition) is 0. The molecule has 0 radical (unpaired) electrons. The molecule has 0 N–H and O–H groups in total. The molecule has 4 heteroatoms. The molecule has 0 bridgehead atoms. The van der Waals surface area contributed by atoms with Crippen LogP contribution in [0.5, 0.6) is 0 Å². The van der Waals surface area contributed by atoms with Gasteiger partial charge in [-0.2, -0.15) is 0 Å². The van der Waals surface area contributed by atoms with Gasteiger partial charge in [0.15, 0.2) is 0 Å². The summed E-state index contributed by atoms with van der Waals surface area (Å²) in [6.45, 7) is 4.02. The Kier molecular flexibility index (Phi) is 2.60. The molecule has 3 aliphatic rings. The summed E-state index contributed by atoms with van der Waals surface area (Å²) in [5.41, 5.74) is 0.581. The van der Waals surface area contributed by atoms with E-state index in [2.05, 4.69) is 4.99 Å². The number of ketones is 1. The first-order chi connectivity index (χ1) is 8.23. The molecular formula is C13H19NO3. The number of carbonyl (C=O) groups is 1. The first kappa shape index (κ1) is 11.4. The second-order valence-corrected chi connectivity index (χ2v) is 5.19. The van der Waals surface area contributed by atoms with Crippen LogP contribution in [0.15, 0.2) is 4.99 Å². The van der Waals surface area contributed by atoms with Gasteiger partial charge in [0.25, 0.3) is 0 Å². The molecule has 2 fully saturated rings. The van der Waals surface area contributed by atoms with Gasteiger partial charge in [-0.05, 0) is 19.3 Å². The van der Waals surface area contributed by atoms with Gasteiger partial charge < -0.3 is 9.47 Å². The average Bonchev–Trinajstić information content (AvgIpc) is 2.82. The van der Waals surface area contributed by atoms with E-state index in [4.69, 9.17) is 9.47 Å². The second-order valence-electron chi connectivity index (χ2n) is 5.19. The molecule has 3 rings (SSSR count). The van der Waals surface area contributed by atoms with Crippen LogP contribution >= 0.6 is 0 Å². The zero-order valence-electron chi connectivity index (χ0n) is 10.3. The average molecular weight is 237 g/mol. The maximum absolute atomic E-state index is 12.3. The van der Waals surface area contributed by atoms with Crippen molar-refractivity contribution in [2.75, 3.05) is 19.8 Å². The van der Waals surface area contributed by atoms with Gasteiger partial charge in [-0.25, -0.2) is 0 Å². The van der Waals surface area contributed by atoms with Crippen molar-refractivity contribution in [2.45, 2.75) is 44.8 Å². The monoisotopic (exact) mass is 237 g/mol. The highest BCUT2D eigenvalue weighted by molar-refractivity contribution is 6.15. The van der Waals surface area contributed by atoms with Crippen molar-refractivity contribution in [1.29, 1.82) is 0 Å². The Bertz CT molecular complexity index is 365. The van der Waals surface area contributed by atoms with Crippen molar-refractivity contribution < 1.29 is 14.3 Å². The van der Waals surface area contributed by atoms with E-state index in [1.54, 1.807) is 0 Å². The molecule has 94 valence electrons. The Morgan fingerprint density at radius 2 is 2.00 bits per heavy atom. The first-order valence-electron chi connectivity index (χ1n) is 6.60. The Hall–Kier alpha value is -0.740. The first-order valence-corrected chi connectivity index (χ1v) is 6.60. The van der Waals surface area contributed by atoms with Gasteiger partial charge in [0.1, 0.15) is 5.78 Å². The minimum absolute atomic E-state index is 0.323. The molecule has 0 amide bonds. The summed E-state index contributed by atoms with van der Waals surface area (Å²) in [6.07, 6.45) is 4.19. The number of rotatable bonds is 4. The third-order valence-electron chi connectivity index (χ3n) is 4.04. The van der Waals surface area contributed by atoms with Crippen molar-refractivity contribution in [1.82, 2.24) is 0 Å². The summed E-state index contributed by atoms with van der Waals surface area (Å²) < 4.78 is 11.5. The quantitative estimate of drug-likeness (QED) is 0.748. The van der Waals surface area contributed by atoms with E-state index in [0.29, 0.717) is 25.4 Å². The number of ether oxygens (including phenoxy) is 2. The lowest BCUT2D eigenvalue weighted by atomic mass is 9.87. The zero-order chi connectivity index (χ0) is 11.9. The molecule has 17 heavy (non-hydrogen) atoms. The SMILES string of the molecule is CCCC(=O)C1(C2=NCCC23OCCO3)CC1. The van der Waals surface area contributed by atoms with E-state index in [9.17, 15) is 4.79 Å². The van der Waals surface area contributed by atoms with E-state index < -0.39 is 5.79 Å². The van der Waals surface area contributed by atoms with Gasteiger partial charge in [-0.3, -0.25) is 9.79 Å². The lowest BCUT2D eigenvalue weighted by Crippen LogP contribution is -2.44. The minimum Gasteiger partial charge on any atom is -0.342 e. The van der Waals surface area contributed by atoms with Crippen LogP contribution in [-0.2, 0) is 14.3 Å². The third kappa shape index (κ3) is 1.58. The van der Waals surface area contributed by atoms with Crippen molar-refractivity contribution in [3.05, 3.63) is 0 Å². The van der Waals surface area contributed by atoms with Gasteiger partial charge in [0.2, 0.25) is 5.79 Å². The molecule has 2 aliphatic heterocycles. The molecule has 0 aromatic heterocycles. The largest absolute Gasteiger partial charge is 0.342 e. The van der Waals surface area contributed by atoms with Crippen LogP contribution in [0.3, 0.4) is 0 Å². The summed E-state index contributed by atoms with van der Waals surface area (Å²) in [5, 5.41) is 0. The maximum Gasteiger partial charge on any atom is 0.210 e. The molecule has 0 aromatic rings. The number of carbonyl (C=O) groups excluding carboxylic acids is 1. The van der Waals surface area contributed by atoms with Crippen molar-refractivity contribution >= 4 is 11.5 Å². The maximum atomic E-state index is 12.3. The molecule has 1 aliphatic carbocycles. The number of nitrogens with zero attached hydrogens (tertiary/aromatic N) is 1. The second kappa shape index (κ2) is 3.89. The number of aliphatic imine (C=N–C) groups is 1. The van der Waals surface area contributed by atoms with Crippen molar-refractivity contribution in [3.63, 3.8) is 0 Å². The fraction of sp³-hybridized carbons (Fsp3) is 0.846. The highest BCUT2D eigenvalue weighted by Gasteiger charge is 2.62. The Labute approximate surface area is 101 Å². The molecule has 1 saturated carbocycles. The van der Waals surface area contributed by atoms with Crippen LogP contribution in [0, 0.1) is 5.41 Å². The lowest BCUT2D eigenvalue weighted by Gasteiger charge is -2.28. The van der Waals surface area contributed by atoms with Gasteiger partial charge in [0.05, 0.1) is 24.3 Å². The van der Waals surface area contributed by atoms with Gasteiger partial charge in [0, 0.05) is 19.4 Å². The minimum atomic E-state index is -0.639. The molecule has 0 atom stereocenters. The normalized spacial score (nSPS) is 28.4. The molecule has 2 heterocycles. The summed E-state index contributed by atoms with van der Waals surface area (Å²) in [5.74, 6) is -0.306. The van der Waals surface area contributed by atoms with Crippen LogP contribution in [0.1, 0.15) is 39.0 Å². The van der Waals surface area contributed by atoms with E-state index in [-0.39, 0.29) is 5.41 Å². The van der Waals surface area contributed by atoms with Crippen LogP contribution in [0.2, 0.25) is 0 Å². The topological polar surface area (TPSA) is 47.9 Å². The predicted octanol–water partition coefficient (Wildman–Crippen LogP) is 1.72. The standard InChI is InChI=1S/C13H19NO3/c1-2-3-10(15)12(4-5-12)11-13(6-7-14-11)16-8-9-17-13/h2-9H2,1H3. The highest BCUT2D eigenvalue weighted by Crippen LogP contribution is 2.54. The number of hydrogen-bond acceptors (Lipinski definition) is 4. The van der Waals surface area contributed by atoms with E-state index >= 15 is 0 Å². The van der Waals surface area contributed by atoms with Crippen molar-refractivity contribution in [3.8, 4) is 0 Å².